The fourth-order valence-corrected chi connectivity index (χ4v) is 3.07. The Hall–Kier alpha value is -2.81. The van der Waals surface area contributed by atoms with Crippen molar-refractivity contribution < 1.29 is 27.2 Å². The van der Waals surface area contributed by atoms with E-state index in [9.17, 15) is 22.8 Å². The van der Waals surface area contributed by atoms with Crippen LogP contribution in [0, 0.1) is 6.92 Å². The summed E-state index contributed by atoms with van der Waals surface area (Å²) in [5.74, 6) is -1.24. The van der Waals surface area contributed by atoms with Crippen molar-refractivity contribution >= 4 is 50.1 Å². The smallest absolute Gasteiger partial charge is 0.416 e. The molecule has 0 fully saturated rings. The number of amides is 2. The van der Waals surface area contributed by atoms with Crippen molar-refractivity contribution in [2.45, 2.75) is 20.0 Å². The number of anilines is 2. The summed E-state index contributed by atoms with van der Waals surface area (Å²) in [5.41, 5.74) is -0.0811. The average molecular weight is 455 g/mol. The molecule has 0 spiro atoms. The summed E-state index contributed by atoms with van der Waals surface area (Å²) in [5, 5.41) is 5.50. The van der Waals surface area contributed by atoms with Crippen LogP contribution in [0.15, 0.2) is 45.3 Å². The maximum absolute atomic E-state index is 13.0. The summed E-state index contributed by atoms with van der Waals surface area (Å²) >= 11 is 3.34. The third kappa shape index (κ3) is 4.04. The monoisotopic (exact) mass is 454 g/mol. The fraction of sp³-hybridized carbons (Fsp3) is 0.158. The summed E-state index contributed by atoms with van der Waals surface area (Å²) in [6, 6.07) is 7.87. The third-order valence-corrected chi connectivity index (χ3v) is 4.50. The number of alkyl halides is 3. The van der Waals surface area contributed by atoms with Crippen molar-refractivity contribution in [3.8, 4) is 0 Å². The minimum absolute atomic E-state index is 0.0284. The van der Waals surface area contributed by atoms with Gasteiger partial charge in [0.25, 0.3) is 5.91 Å². The first-order valence-corrected chi connectivity index (χ1v) is 8.84. The molecule has 0 aliphatic carbocycles. The van der Waals surface area contributed by atoms with Crippen LogP contribution in [0.3, 0.4) is 0 Å². The van der Waals surface area contributed by atoms with Gasteiger partial charge in [-0.05, 0) is 43.3 Å². The van der Waals surface area contributed by atoms with Gasteiger partial charge in [0, 0.05) is 22.3 Å². The van der Waals surface area contributed by atoms with Gasteiger partial charge < -0.3 is 15.1 Å². The number of carbonyl (C=O) groups excluding carboxylic acids is 2. The van der Waals surface area contributed by atoms with Crippen LogP contribution >= 0.6 is 15.9 Å². The second-order valence-electron chi connectivity index (χ2n) is 6.09. The van der Waals surface area contributed by atoms with E-state index in [1.54, 1.807) is 25.1 Å². The standard InChI is InChI=1S/C19H14BrF3N2O3/c1-9-13-8-12(20)4-6-16(13)28-17(9)18(27)25-15-7-11(19(21,22)23)3-5-14(15)24-10(2)26/h3-8H,1-2H3,(H,24,26)(H,25,27). The van der Waals surface area contributed by atoms with Gasteiger partial charge in [-0.1, -0.05) is 15.9 Å². The number of aryl methyl sites for hydroxylation is 1. The molecule has 2 aromatic carbocycles. The molecule has 0 bridgehead atoms. The van der Waals surface area contributed by atoms with Crippen molar-refractivity contribution in [3.05, 3.63) is 57.8 Å². The first-order valence-electron chi connectivity index (χ1n) is 8.05. The van der Waals surface area contributed by atoms with Gasteiger partial charge in [-0.3, -0.25) is 9.59 Å². The molecule has 28 heavy (non-hydrogen) atoms. The summed E-state index contributed by atoms with van der Waals surface area (Å²) < 4.78 is 45.5. The van der Waals surface area contributed by atoms with Crippen LogP contribution in [0.1, 0.15) is 28.6 Å². The van der Waals surface area contributed by atoms with E-state index in [1.807, 2.05) is 0 Å². The molecular formula is C19H14BrF3N2O3. The molecule has 0 unspecified atom stereocenters. The Kier molecular flexibility index (Phi) is 5.20. The summed E-state index contributed by atoms with van der Waals surface area (Å²) in [6.45, 7) is 2.89. The lowest BCUT2D eigenvalue weighted by Crippen LogP contribution is -2.16. The van der Waals surface area contributed by atoms with E-state index in [2.05, 4.69) is 26.6 Å². The van der Waals surface area contributed by atoms with Gasteiger partial charge in [0.15, 0.2) is 5.76 Å². The van der Waals surface area contributed by atoms with Gasteiger partial charge in [-0.25, -0.2) is 0 Å². The van der Waals surface area contributed by atoms with E-state index < -0.39 is 23.6 Å². The Morgan fingerprint density at radius 1 is 1.04 bits per heavy atom. The predicted octanol–water partition coefficient (Wildman–Crippen LogP) is 5.73. The van der Waals surface area contributed by atoms with Crippen LogP contribution in [-0.2, 0) is 11.0 Å². The zero-order valence-corrected chi connectivity index (χ0v) is 16.3. The maximum atomic E-state index is 13.0. The fourth-order valence-electron chi connectivity index (χ4n) is 2.71. The molecule has 0 aliphatic heterocycles. The van der Waals surface area contributed by atoms with Crippen LogP contribution in [0.2, 0.25) is 0 Å². The molecule has 1 heterocycles. The third-order valence-electron chi connectivity index (χ3n) is 4.01. The predicted molar refractivity (Wildman–Crippen MR) is 102 cm³/mol. The molecule has 0 saturated heterocycles. The van der Waals surface area contributed by atoms with Crippen molar-refractivity contribution in [1.82, 2.24) is 0 Å². The quantitative estimate of drug-likeness (QED) is 0.530. The highest BCUT2D eigenvalue weighted by atomic mass is 79.9. The SMILES string of the molecule is CC(=O)Nc1ccc(C(F)(F)F)cc1NC(=O)c1oc2ccc(Br)cc2c1C. The van der Waals surface area contributed by atoms with Crippen molar-refractivity contribution in [2.24, 2.45) is 0 Å². The lowest BCUT2D eigenvalue weighted by Gasteiger charge is -2.14. The van der Waals surface area contributed by atoms with Crippen LogP contribution < -0.4 is 10.6 Å². The molecule has 146 valence electrons. The zero-order valence-electron chi connectivity index (χ0n) is 14.7. The number of nitrogens with one attached hydrogen (secondary N) is 2. The van der Waals surface area contributed by atoms with Gasteiger partial charge in [0.05, 0.1) is 16.9 Å². The number of hydrogen-bond donors (Lipinski definition) is 2. The minimum atomic E-state index is -4.60. The Bertz CT molecular complexity index is 1090. The number of benzene rings is 2. The molecule has 3 aromatic rings. The Morgan fingerprint density at radius 3 is 2.39 bits per heavy atom. The normalized spacial score (nSPS) is 11.5. The largest absolute Gasteiger partial charge is 0.451 e. The molecule has 9 heteroatoms. The molecule has 0 atom stereocenters. The molecular weight excluding hydrogens is 441 g/mol. The van der Waals surface area contributed by atoms with Gasteiger partial charge in [-0.15, -0.1) is 0 Å². The Balaban J connectivity index is 2.01. The topological polar surface area (TPSA) is 71.3 Å². The number of halogens is 4. The van der Waals surface area contributed by atoms with Crippen molar-refractivity contribution in [1.29, 1.82) is 0 Å². The average Bonchev–Trinajstić information content (AvgIpc) is 2.91. The number of fused-ring (bicyclic) bond motifs is 1. The molecule has 0 aliphatic rings. The van der Waals surface area contributed by atoms with Crippen LogP contribution in [0.4, 0.5) is 24.5 Å². The minimum Gasteiger partial charge on any atom is -0.451 e. The van der Waals surface area contributed by atoms with E-state index >= 15 is 0 Å². The molecule has 3 rings (SSSR count). The van der Waals surface area contributed by atoms with Gasteiger partial charge >= 0.3 is 6.18 Å². The molecule has 2 N–H and O–H groups in total. The highest BCUT2D eigenvalue weighted by molar-refractivity contribution is 9.10. The molecule has 2 amide bonds. The van der Waals surface area contributed by atoms with Gasteiger partial charge in [0.1, 0.15) is 5.58 Å². The Morgan fingerprint density at radius 2 is 1.75 bits per heavy atom. The van der Waals surface area contributed by atoms with Crippen molar-refractivity contribution in [3.63, 3.8) is 0 Å². The van der Waals surface area contributed by atoms with Crippen LogP contribution in [0.5, 0.6) is 0 Å². The van der Waals surface area contributed by atoms with E-state index in [0.29, 0.717) is 16.5 Å². The van der Waals surface area contributed by atoms with E-state index in [4.69, 9.17) is 4.42 Å². The molecule has 0 saturated carbocycles. The molecule has 1 aromatic heterocycles. The van der Waals surface area contributed by atoms with Gasteiger partial charge in [0.2, 0.25) is 5.91 Å². The number of carbonyl (C=O) groups is 2. The van der Waals surface area contributed by atoms with E-state index in [0.717, 1.165) is 22.7 Å². The highest BCUT2D eigenvalue weighted by Gasteiger charge is 2.31. The van der Waals surface area contributed by atoms with E-state index in [-0.39, 0.29) is 17.1 Å². The number of rotatable bonds is 3. The first-order chi connectivity index (χ1) is 13.1. The van der Waals surface area contributed by atoms with Crippen LogP contribution in [0.25, 0.3) is 11.0 Å². The van der Waals surface area contributed by atoms with E-state index in [1.165, 1.54) is 6.92 Å². The molecule has 0 radical (unpaired) electrons. The second kappa shape index (κ2) is 7.31. The maximum Gasteiger partial charge on any atom is 0.416 e. The summed E-state index contributed by atoms with van der Waals surface area (Å²) in [7, 11) is 0. The lowest BCUT2D eigenvalue weighted by atomic mass is 10.1. The highest BCUT2D eigenvalue weighted by Crippen LogP contribution is 2.35. The second-order valence-corrected chi connectivity index (χ2v) is 7.01. The number of furan rings is 1. The van der Waals surface area contributed by atoms with Crippen molar-refractivity contribution in [2.75, 3.05) is 10.6 Å². The number of hydrogen-bond acceptors (Lipinski definition) is 3. The molecule has 5 nitrogen and oxygen atoms in total. The Labute approximate surface area is 166 Å². The van der Waals surface area contributed by atoms with Crippen LogP contribution in [-0.4, -0.2) is 11.8 Å². The summed E-state index contributed by atoms with van der Waals surface area (Å²) in [6.07, 6.45) is -4.60. The summed E-state index contributed by atoms with van der Waals surface area (Å²) in [4.78, 5) is 24.0. The lowest BCUT2D eigenvalue weighted by molar-refractivity contribution is -0.137. The van der Waals surface area contributed by atoms with Gasteiger partial charge in [-0.2, -0.15) is 13.2 Å². The zero-order chi connectivity index (χ0) is 20.6. The first kappa shape index (κ1) is 19.9.